The molecule has 21 heavy (non-hydrogen) atoms. The number of carbonyl (C=O) groups is 2. The van der Waals surface area contributed by atoms with Gasteiger partial charge in [0.1, 0.15) is 0 Å². The van der Waals surface area contributed by atoms with E-state index in [4.69, 9.17) is 9.84 Å². The number of morpholine rings is 1. The largest absolute Gasteiger partial charge is 0.478 e. The number of halogens is 1. The topological polar surface area (TPSA) is 66.8 Å². The molecule has 114 valence electrons. The van der Waals surface area contributed by atoms with Gasteiger partial charge in [0.05, 0.1) is 24.0 Å². The third-order valence-corrected chi connectivity index (χ3v) is 4.92. The SMILES string of the molecule is CC(Sc1ccc(Br)c(C(=O)O)c1)C(=O)N1CCOCC1. The summed E-state index contributed by atoms with van der Waals surface area (Å²) in [6, 6.07) is 5.09. The van der Waals surface area contributed by atoms with E-state index in [0.29, 0.717) is 30.8 Å². The van der Waals surface area contributed by atoms with E-state index in [2.05, 4.69) is 15.9 Å². The van der Waals surface area contributed by atoms with Gasteiger partial charge in [-0.25, -0.2) is 4.79 Å². The standard InChI is InChI=1S/C14H16BrNO4S/c1-9(13(17)16-4-6-20-7-5-16)21-10-2-3-12(15)11(8-10)14(18)19/h2-3,8-9H,4-7H2,1H3,(H,18,19). The molecule has 1 saturated heterocycles. The molecule has 1 aromatic rings. The number of aromatic carboxylic acids is 1. The Morgan fingerprint density at radius 2 is 2.05 bits per heavy atom. The molecule has 2 rings (SSSR count). The average molecular weight is 374 g/mol. The van der Waals surface area contributed by atoms with Crippen molar-refractivity contribution in [3.8, 4) is 0 Å². The molecule has 1 atom stereocenters. The number of nitrogens with zero attached hydrogens (tertiary/aromatic N) is 1. The van der Waals surface area contributed by atoms with Crippen LogP contribution in [0.4, 0.5) is 0 Å². The number of ether oxygens (including phenoxy) is 1. The number of amides is 1. The van der Waals surface area contributed by atoms with Crippen LogP contribution in [0.25, 0.3) is 0 Å². The fourth-order valence-corrected chi connectivity index (χ4v) is 3.44. The Kier molecular flexibility index (Phi) is 5.66. The highest BCUT2D eigenvalue weighted by Crippen LogP contribution is 2.28. The zero-order valence-electron chi connectivity index (χ0n) is 11.5. The van der Waals surface area contributed by atoms with Gasteiger partial charge in [0, 0.05) is 22.5 Å². The molecular formula is C14H16BrNO4S. The van der Waals surface area contributed by atoms with Gasteiger partial charge < -0.3 is 14.7 Å². The number of hydrogen-bond donors (Lipinski definition) is 1. The normalized spacial score (nSPS) is 16.6. The Bertz CT molecular complexity index is 546. The summed E-state index contributed by atoms with van der Waals surface area (Å²) in [6.07, 6.45) is 0. The van der Waals surface area contributed by atoms with Gasteiger partial charge in [-0.1, -0.05) is 0 Å². The number of carboxylic acids is 1. The van der Waals surface area contributed by atoms with Crippen molar-refractivity contribution in [2.24, 2.45) is 0 Å². The molecule has 1 heterocycles. The van der Waals surface area contributed by atoms with Crippen LogP contribution in [-0.4, -0.2) is 53.4 Å². The predicted molar refractivity (Wildman–Crippen MR) is 83.8 cm³/mol. The molecule has 1 aliphatic heterocycles. The van der Waals surface area contributed by atoms with E-state index in [9.17, 15) is 9.59 Å². The molecule has 1 aliphatic rings. The fraction of sp³-hybridized carbons (Fsp3) is 0.429. The number of rotatable bonds is 4. The Balaban J connectivity index is 2.05. The van der Waals surface area contributed by atoms with Gasteiger partial charge in [0.15, 0.2) is 0 Å². The molecule has 1 N–H and O–H groups in total. The molecule has 0 aromatic heterocycles. The first-order chi connectivity index (χ1) is 9.99. The van der Waals surface area contributed by atoms with Crippen LogP contribution in [0.2, 0.25) is 0 Å². The van der Waals surface area contributed by atoms with Crippen LogP contribution >= 0.6 is 27.7 Å². The smallest absolute Gasteiger partial charge is 0.336 e. The molecule has 1 amide bonds. The summed E-state index contributed by atoms with van der Waals surface area (Å²) < 4.78 is 5.77. The molecule has 0 bridgehead atoms. The molecule has 1 aromatic carbocycles. The second-order valence-electron chi connectivity index (χ2n) is 4.64. The summed E-state index contributed by atoms with van der Waals surface area (Å²) in [5.74, 6) is -0.931. The van der Waals surface area contributed by atoms with Gasteiger partial charge >= 0.3 is 5.97 Å². The average Bonchev–Trinajstić information content (AvgIpc) is 2.49. The highest BCUT2D eigenvalue weighted by molar-refractivity contribution is 9.10. The molecule has 0 saturated carbocycles. The molecule has 0 radical (unpaired) electrons. The Morgan fingerprint density at radius 3 is 2.67 bits per heavy atom. The molecule has 0 spiro atoms. The van der Waals surface area contributed by atoms with E-state index >= 15 is 0 Å². The molecule has 1 unspecified atom stereocenters. The van der Waals surface area contributed by atoms with Crippen LogP contribution in [0.3, 0.4) is 0 Å². The van der Waals surface area contributed by atoms with E-state index in [1.165, 1.54) is 11.8 Å². The summed E-state index contributed by atoms with van der Waals surface area (Å²) in [4.78, 5) is 26.0. The first kappa shape index (κ1) is 16.3. The van der Waals surface area contributed by atoms with Crippen molar-refractivity contribution in [3.05, 3.63) is 28.2 Å². The van der Waals surface area contributed by atoms with Crippen LogP contribution in [0.1, 0.15) is 17.3 Å². The van der Waals surface area contributed by atoms with Crippen LogP contribution in [-0.2, 0) is 9.53 Å². The predicted octanol–water partition coefficient (Wildman–Crippen LogP) is 2.49. The molecule has 1 fully saturated rings. The van der Waals surface area contributed by atoms with Gasteiger partial charge in [-0.15, -0.1) is 11.8 Å². The van der Waals surface area contributed by atoms with Crippen LogP contribution in [0, 0.1) is 0 Å². The third kappa shape index (κ3) is 4.21. The van der Waals surface area contributed by atoms with E-state index in [1.54, 1.807) is 17.0 Å². The zero-order valence-corrected chi connectivity index (χ0v) is 13.9. The molecular weight excluding hydrogens is 358 g/mol. The van der Waals surface area contributed by atoms with Crippen molar-refractivity contribution in [2.75, 3.05) is 26.3 Å². The van der Waals surface area contributed by atoms with E-state index in [1.807, 2.05) is 13.0 Å². The van der Waals surface area contributed by atoms with E-state index < -0.39 is 5.97 Å². The van der Waals surface area contributed by atoms with Crippen molar-refractivity contribution in [1.29, 1.82) is 0 Å². The van der Waals surface area contributed by atoms with Gasteiger partial charge in [-0.2, -0.15) is 0 Å². The lowest BCUT2D eigenvalue weighted by atomic mass is 10.2. The second-order valence-corrected chi connectivity index (χ2v) is 6.91. The number of benzene rings is 1. The van der Waals surface area contributed by atoms with Gasteiger partial charge in [-0.3, -0.25) is 4.79 Å². The van der Waals surface area contributed by atoms with Crippen molar-refractivity contribution >= 4 is 39.6 Å². The number of carbonyl (C=O) groups excluding carboxylic acids is 1. The first-order valence-electron chi connectivity index (χ1n) is 6.55. The van der Waals surface area contributed by atoms with E-state index in [-0.39, 0.29) is 16.7 Å². The number of thioether (sulfide) groups is 1. The maximum atomic E-state index is 12.3. The maximum absolute atomic E-state index is 12.3. The summed E-state index contributed by atoms with van der Waals surface area (Å²) in [6.45, 7) is 4.22. The highest BCUT2D eigenvalue weighted by Gasteiger charge is 2.23. The minimum absolute atomic E-state index is 0.0584. The van der Waals surface area contributed by atoms with Crippen molar-refractivity contribution in [3.63, 3.8) is 0 Å². The van der Waals surface area contributed by atoms with Gasteiger partial charge in [-0.05, 0) is 41.1 Å². The maximum Gasteiger partial charge on any atom is 0.336 e. The second kappa shape index (κ2) is 7.29. The lowest BCUT2D eigenvalue weighted by Crippen LogP contribution is -2.44. The number of hydrogen-bond acceptors (Lipinski definition) is 4. The van der Waals surface area contributed by atoms with Crippen LogP contribution < -0.4 is 0 Å². The third-order valence-electron chi connectivity index (χ3n) is 3.15. The Labute approximate surface area is 135 Å². The van der Waals surface area contributed by atoms with Crippen LogP contribution in [0.5, 0.6) is 0 Å². The number of carboxylic acid groups (broad SMARTS) is 1. The minimum atomic E-state index is -0.989. The quantitative estimate of drug-likeness (QED) is 0.821. The Morgan fingerprint density at radius 1 is 1.38 bits per heavy atom. The first-order valence-corrected chi connectivity index (χ1v) is 8.22. The lowest BCUT2D eigenvalue weighted by Gasteiger charge is -2.29. The summed E-state index contributed by atoms with van der Waals surface area (Å²) in [5.41, 5.74) is 0.200. The van der Waals surface area contributed by atoms with Crippen molar-refractivity contribution < 1.29 is 19.4 Å². The Hall–Kier alpha value is -1.05. The zero-order chi connectivity index (χ0) is 15.4. The molecule has 0 aliphatic carbocycles. The highest BCUT2D eigenvalue weighted by atomic mass is 79.9. The summed E-state index contributed by atoms with van der Waals surface area (Å²) >= 11 is 4.58. The van der Waals surface area contributed by atoms with Crippen molar-refractivity contribution in [2.45, 2.75) is 17.1 Å². The van der Waals surface area contributed by atoms with Gasteiger partial charge in [0.25, 0.3) is 0 Å². The molecule has 5 nitrogen and oxygen atoms in total. The monoisotopic (exact) mass is 373 g/mol. The fourth-order valence-electron chi connectivity index (χ4n) is 2.04. The molecule has 7 heteroatoms. The minimum Gasteiger partial charge on any atom is -0.478 e. The summed E-state index contributed by atoms with van der Waals surface area (Å²) in [7, 11) is 0. The lowest BCUT2D eigenvalue weighted by molar-refractivity contribution is -0.134. The van der Waals surface area contributed by atoms with Crippen molar-refractivity contribution in [1.82, 2.24) is 4.90 Å². The van der Waals surface area contributed by atoms with E-state index in [0.717, 1.165) is 4.90 Å². The van der Waals surface area contributed by atoms with Gasteiger partial charge in [0.2, 0.25) is 5.91 Å². The van der Waals surface area contributed by atoms with Crippen LogP contribution in [0.15, 0.2) is 27.6 Å². The summed E-state index contributed by atoms with van der Waals surface area (Å²) in [5, 5.41) is 8.85.